The fraction of sp³-hybridized carbons (Fsp3) is 0.389. The Morgan fingerprint density at radius 3 is 2.52 bits per heavy atom. The van der Waals surface area contributed by atoms with Gasteiger partial charge in [-0.3, -0.25) is 14.7 Å². The van der Waals surface area contributed by atoms with Crippen LogP contribution in [-0.2, 0) is 11.2 Å². The molecular weight excluding hydrogens is 340 g/mol. The van der Waals surface area contributed by atoms with E-state index >= 15 is 0 Å². The van der Waals surface area contributed by atoms with Crippen molar-refractivity contribution < 1.29 is 9.59 Å². The van der Waals surface area contributed by atoms with Crippen LogP contribution in [0.5, 0.6) is 0 Å². The van der Waals surface area contributed by atoms with E-state index in [9.17, 15) is 9.59 Å². The lowest BCUT2D eigenvalue weighted by molar-refractivity contribution is -0.124. The van der Waals surface area contributed by atoms with Crippen molar-refractivity contribution in [3.8, 4) is 0 Å². The Balaban J connectivity index is 1.77. The highest BCUT2D eigenvalue weighted by Gasteiger charge is 2.17. The molecule has 0 fully saturated rings. The fourth-order valence-corrected chi connectivity index (χ4v) is 2.55. The van der Waals surface area contributed by atoms with Gasteiger partial charge in [-0.25, -0.2) is 0 Å². The molecule has 0 saturated carbocycles. The van der Waals surface area contributed by atoms with E-state index in [4.69, 9.17) is 11.6 Å². The van der Waals surface area contributed by atoms with Crippen LogP contribution >= 0.6 is 11.6 Å². The van der Waals surface area contributed by atoms with E-state index in [2.05, 4.69) is 20.8 Å². The third-order valence-corrected chi connectivity index (χ3v) is 4.18. The zero-order valence-corrected chi connectivity index (χ0v) is 15.4. The minimum absolute atomic E-state index is 0.0405. The van der Waals surface area contributed by atoms with Crippen LogP contribution < -0.4 is 10.6 Å². The van der Waals surface area contributed by atoms with Crippen molar-refractivity contribution in [1.82, 2.24) is 20.8 Å². The highest BCUT2D eigenvalue weighted by Crippen LogP contribution is 2.11. The number of rotatable bonds is 7. The molecule has 1 aromatic heterocycles. The Bertz CT molecular complexity index is 727. The molecule has 2 unspecified atom stereocenters. The summed E-state index contributed by atoms with van der Waals surface area (Å²) in [6, 6.07) is 7.92. The minimum atomic E-state index is -0.350. The zero-order chi connectivity index (χ0) is 18.4. The van der Waals surface area contributed by atoms with Crippen LogP contribution in [0.4, 0.5) is 0 Å². The summed E-state index contributed by atoms with van der Waals surface area (Å²) in [7, 11) is 0. The number of halogens is 1. The lowest BCUT2D eigenvalue weighted by Crippen LogP contribution is -2.43. The second-order valence-corrected chi connectivity index (χ2v) is 6.71. The Hall–Kier alpha value is -2.34. The van der Waals surface area contributed by atoms with E-state index in [-0.39, 0.29) is 34.5 Å². The van der Waals surface area contributed by atoms with E-state index in [0.29, 0.717) is 13.0 Å². The first kappa shape index (κ1) is 19.0. The lowest BCUT2D eigenvalue weighted by Gasteiger charge is -2.17. The largest absolute Gasteiger partial charge is 0.354 e. The van der Waals surface area contributed by atoms with Crippen LogP contribution in [0.25, 0.3) is 0 Å². The number of aryl methyl sites for hydroxylation is 1. The number of carbonyl (C=O) groups is 2. The molecule has 1 heterocycles. The van der Waals surface area contributed by atoms with Crippen LogP contribution in [0.2, 0.25) is 5.02 Å². The van der Waals surface area contributed by atoms with Gasteiger partial charge in [0.2, 0.25) is 5.91 Å². The SMILES string of the molecule is Cc1ccc(CC(C)C(=O)NCC(C)NC(=O)c2[nH]ncc2Cl)cc1. The number of H-pyrrole nitrogens is 1. The maximum absolute atomic E-state index is 12.2. The van der Waals surface area contributed by atoms with Crippen LogP contribution in [0.15, 0.2) is 30.5 Å². The van der Waals surface area contributed by atoms with Crippen LogP contribution in [0, 0.1) is 12.8 Å². The summed E-state index contributed by atoms with van der Waals surface area (Å²) in [5, 5.41) is 12.1. The molecule has 0 spiro atoms. The molecule has 0 bridgehead atoms. The van der Waals surface area contributed by atoms with Crippen molar-refractivity contribution in [2.24, 2.45) is 5.92 Å². The van der Waals surface area contributed by atoms with Crippen LogP contribution in [0.1, 0.15) is 35.5 Å². The smallest absolute Gasteiger partial charge is 0.271 e. The number of hydrogen-bond donors (Lipinski definition) is 3. The van der Waals surface area contributed by atoms with Gasteiger partial charge in [-0.2, -0.15) is 5.10 Å². The molecular formula is C18H23ClN4O2. The summed E-state index contributed by atoms with van der Waals surface area (Å²) in [6.07, 6.45) is 2.05. The summed E-state index contributed by atoms with van der Waals surface area (Å²) in [5.74, 6) is -0.536. The summed E-state index contributed by atoms with van der Waals surface area (Å²) < 4.78 is 0. The fourth-order valence-electron chi connectivity index (χ4n) is 2.38. The number of aromatic nitrogens is 2. The number of amides is 2. The molecule has 2 aromatic rings. The number of nitrogens with one attached hydrogen (secondary N) is 3. The minimum Gasteiger partial charge on any atom is -0.354 e. The standard InChI is InChI=1S/C18H23ClN4O2/c1-11-4-6-14(7-5-11)8-12(2)17(24)20-9-13(3)22-18(25)16-15(19)10-21-23-16/h4-7,10,12-13H,8-9H2,1-3H3,(H,20,24)(H,21,23)(H,22,25). The molecule has 0 aliphatic carbocycles. The molecule has 7 heteroatoms. The molecule has 25 heavy (non-hydrogen) atoms. The molecule has 6 nitrogen and oxygen atoms in total. The van der Waals surface area contributed by atoms with Gasteiger partial charge in [0.25, 0.3) is 5.91 Å². The Morgan fingerprint density at radius 1 is 1.24 bits per heavy atom. The van der Waals surface area contributed by atoms with Gasteiger partial charge in [0.15, 0.2) is 0 Å². The Labute approximate surface area is 152 Å². The van der Waals surface area contributed by atoms with Crippen molar-refractivity contribution in [3.63, 3.8) is 0 Å². The van der Waals surface area contributed by atoms with Gasteiger partial charge in [-0.15, -0.1) is 0 Å². The summed E-state index contributed by atoms with van der Waals surface area (Å²) in [5.41, 5.74) is 2.54. The summed E-state index contributed by atoms with van der Waals surface area (Å²) in [4.78, 5) is 24.2. The van der Waals surface area contributed by atoms with E-state index in [1.807, 2.05) is 45.0 Å². The normalized spacial score (nSPS) is 13.1. The molecule has 0 aliphatic heterocycles. The number of benzene rings is 1. The molecule has 1 aromatic carbocycles. The first-order valence-corrected chi connectivity index (χ1v) is 8.57. The first-order valence-electron chi connectivity index (χ1n) is 8.19. The van der Waals surface area contributed by atoms with E-state index in [1.165, 1.54) is 11.8 Å². The van der Waals surface area contributed by atoms with E-state index in [1.54, 1.807) is 0 Å². The van der Waals surface area contributed by atoms with Crippen molar-refractivity contribution in [2.75, 3.05) is 6.54 Å². The lowest BCUT2D eigenvalue weighted by atomic mass is 9.99. The number of aromatic amines is 1. The predicted octanol–water partition coefficient (Wildman–Crippen LogP) is 2.48. The van der Waals surface area contributed by atoms with E-state index < -0.39 is 0 Å². The Kier molecular flexibility index (Phi) is 6.58. The van der Waals surface area contributed by atoms with Gasteiger partial charge in [0.05, 0.1) is 11.2 Å². The highest BCUT2D eigenvalue weighted by atomic mass is 35.5. The third kappa shape index (κ3) is 5.60. The zero-order valence-electron chi connectivity index (χ0n) is 14.6. The number of nitrogens with zero attached hydrogens (tertiary/aromatic N) is 1. The van der Waals surface area contributed by atoms with Gasteiger partial charge in [0, 0.05) is 18.5 Å². The third-order valence-electron chi connectivity index (χ3n) is 3.89. The topological polar surface area (TPSA) is 86.9 Å². The molecule has 2 amide bonds. The highest BCUT2D eigenvalue weighted by molar-refractivity contribution is 6.33. The number of carbonyl (C=O) groups excluding carboxylic acids is 2. The monoisotopic (exact) mass is 362 g/mol. The maximum atomic E-state index is 12.2. The van der Waals surface area contributed by atoms with Crippen molar-refractivity contribution in [3.05, 3.63) is 52.3 Å². The van der Waals surface area contributed by atoms with Crippen molar-refractivity contribution in [1.29, 1.82) is 0 Å². The van der Waals surface area contributed by atoms with Gasteiger partial charge in [-0.05, 0) is 25.8 Å². The van der Waals surface area contributed by atoms with Gasteiger partial charge in [0.1, 0.15) is 5.69 Å². The molecule has 0 saturated heterocycles. The molecule has 0 aliphatic rings. The molecule has 2 atom stereocenters. The quantitative estimate of drug-likeness (QED) is 0.707. The maximum Gasteiger partial charge on any atom is 0.271 e. The first-order chi connectivity index (χ1) is 11.9. The van der Waals surface area contributed by atoms with Gasteiger partial charge >= 0.3 is 0 Å². The molecule has 2 rings (SSSR count). The molecule has 0 radical (unpaired) electrons. The van der Waals surface area contributed by atoms with Crippen molar-refractivity contribution >= 4 is 23.4 Å². The van der Waals surface area contributed by atoms with Crippen LogP contribution in [-0.4, -0.2) is 34.6 Å². The molecule has 3 N–H and O–H groups in total. The van der Waals surface area contributed by atoms with E-state index in [0.717, 1.165) is 5.56 Å². The molecule has 134 valence electrons. The predicted molar refractivity (Wildman–Crippen MR) is 97.6 cm³/mol. The summed E-state index contributed by atoms with van der Waals surface area (Å²) in [6.45, 7) is 6.08. The van der Waals surface area contributed by atoms with Gasteiger partial charge in [-0.1, -0.05) is 48.4 Å². The van der Waals surface area contributed by atoms with Crippen molar-refractivity contribution in [2.45, 2.75) is 33.2 Å². The van der Waals surface area contributed by atoms with Gasteiger partial charge < -0.3 is 10.6 Å². The van der Waals surface area contributed by atoms with Crippen LogP contribution in [0.3, 0.4) is 0 Å². The average Bonchev–Trinajstić information content (AvgIpc) is 3.00. The second kappa shape index (κ2) is 8.67. The second-order valence-electron chi connectivity index (χ2n) is 6.30. The average molecular weight is 363 g/mol. The Morgan fingerprint density at radius 2 is 1.92 bits per heavy atom. The number of hydrogen-bond acceptors (Lipinski definition) is 3. The summed E-state index contributed by atoms with van der Waals surface area (Å²) >= 11 is 5.85.